The minimum absolute atomic E-state index is 0.151. The number of carbonyl (C=O) groups excluding carboxylic acids is 1. The van der Waals surface area contributed by atoms with Gasteiger partial charge in [0.1, 0.15) is 0 Å². The predicted octanol–water partition coefficient (Wildman–Crippen LogP) is 6.75. The summed E-state index contributed by atoms with van der Waals surface area (Å²) in [5.74, 6) is 0.653. The van der Waals surface area contributed by atoms with Gasteiger partial charge in [-0.05, 0) is 41.0 Å². The zero-order chi connectivity index (χ0) is 26.3. The van der Waals surface area contributed by atoms with Crippen molar-refractivity contribution in [3.05, 3.63) is 126 Å². The van der Waals surface area contributed by atoms with E-state index in [1.807, 2.05) is 102 Å². The lowest BCUT2D eigenvalue weighted by atomic mass is 10.0. The molecule has 6 nitrogen and oxygen atoms in total. The van der Waals surface area contributed by atoms with Crippen molar-refractivity contribution in [1.29, 1.82) is 0 Å². The highest BCUT2D eigenvalue weighted by Gasteiger charge is 2.17. The summed E-state index contributed by atoms with van der Waals surface area (Å²) in [6, 6.07) is 36.0. The van der Waals surface area contributed by atoms with Crippen molar-refractivity contribution < 1.29 is 4.79 Å². The number of nitrogens with zero attached hydrogens (tertiary/aromatic N) is 3. The van der Waals surface area contributed by atoms with Crippen molar-refractivity contribution >= 4 is 39.3 Å². The van der Waals surface area contributed by atoms with E-state index < -0.39 is 0 Å². The Bertz CT molecular complexity index is 1540. The van der Waals surface area contributed by atoms with Crippen LogP contribution in [0.4, 0.5) is 0 Å². The summed E-state index contributed by atoms with van der Waals surface area (Å²) < 4.78 is 2.95. The van der Waals surface area contributed by atoms with Gasteiger partial charge in [-0.15, -0.1) is 10.2 Å². The normalized spacial score (nSPS) is 10.7. The SMILES string of the molecule is C=C(NNC(=O)CSc1nnc(-c2ccc(Br)cc2)n1-c1ccccc1)c1ccc(-c2ccccc2)cc1. The van der Waals surface area contributed by atoms with Gasteiger partial charge in [0, 0.05) is 15.7 Å². The Labute approximate surface area is 233 Å². The molecule has 38 heavy (non-hydrogen) atoms. The fraction of sp³-hybridized carbons (Fsp3) is 0.0333. The fourth-order valence-electron chi connectivity index (χ4n) is 3.84. The highest BCUT2D eigenvalue weighted by molar-refractivity contribution is 9.10. The maximum Gasteiger partial charge on any atom is 0.248 e. The summed E-state index contributed by atoms with van der Waals surface area (Å²) in [5, 5.41) is 9.44. The lowest BCUT2D eigenvalue weighted by Gasteiger charge is -2.13. The van der Waals surface area contributed by atoms with E-state index in [0.29, 0.717) is 16.7 Å². The van der Waals surface area contributed by atoms with Crippen LogP contribution in [0.3, 0.4) is 0 Å². The van der Waals surface area contributed by atoms with Crippen molar-refractivity contribution in [1.82, 2.24) is 25.6 Å². The highest BCUT2D eigenvalue weighted by atomic mass is 79.9. The Hall–Kier alpha value is -4.14. The van der Waals surface area contributed by atoms with Crippen molar-refractivity contribution in [3.8, 4) is 28.2 Å². The summed E-state index contributed by atoms with van der Waals surface area (Å²) in [6.45, 7) is 4.05. The molecule has 5 rings (SSSR count). The molecule has 4 aromatic carbocycles. The molecule has 0 unspecified atom stereocenters. The zero-order valence-electron chi connectivity index (χ0n) is 20.3. The van der Waals surface area contributed by atoms with Crippen LogP contribution < -0.4 is 10.9 Å². The Morgan fingerprint density at radius 1 is 0.763 bits per heavy atom. The maximum absolute atomic E-state index is 12.7. The van der Waals surface area contributed by atoms with E-state index in [9.17, 15) is 4.79 Å². The number of nitrogens with one attached hydrogen (secondary N) is 2. The van der Waals surface area contributed by atoms with E-state index in [2.05, 4.69) is 55.7 Å². The zero-order valence-corrected chi connectivity index (χ0v) is 22.7. The van der Waals surface area contributed by atoms with Gasteiger partial charge < -0.3 is 0 Å². The van der Waals surface area contributed by atoms with Crippen LogP contribution in [0.1, 0.15) is 5.56 Å². The molecule has 0 saturated heterocycles. The molecule has 1 heterocycles. The van der Waals surface area contributed by atoms with Crippen molar-refractivity contribution in [3.63, 3.8) is 0 Å². The van der Waals surface area contributed by atoms with Gasteiger partial charge in [0.05, 0.1) is 11.4 Å². The summed E-state index contributed by atoms with van der Waals surface area (Å²) in [6.07, 6.45) is 0. The van der Waals surface area contributed by atoms with Crippen LogP contribution in [0.5, 0.6) is 0 Å². The smallest absolute Gasteiger partial charge is 0.248 e. The van der Waals surface area contributed by atoms with E-state index in [-0.39, 0.29) is 11.7 Å². The third kappa shape index (κ3) is 6.04. The standard InChI is InChI=1S/C30H24BrN5OS/c1-21(22-12-14-24(15-13-22)23-8-4-2-5-9-23)32-33-28(37)20-38-30-35-34-29(25-16-18-26(31)19-17-25)36(30)27-10-6-3-7-11-27/h2-19,32H,1,20H2,(H,33,37). The Morgan fingerprint density at radius 2 is 1.37 bits per heavy atom. The molecule has 0 spiro atoms. The second-order valence-electron chi connectivity index (χ2n) is 8.37. The fourth-order valence-corrected chi connectivity index (χ4v) is 4.85. The van der Waals surface area contributed by atoms with E-state index in [4.69, 9.17) is 0 Å². The van der Waals surface area contributed by atoms with Crippen molar-refractivity contribution in [2.75, 3.05) is 5.75 Å². The molecule has 0 aliphatic rings. The number of benzene rings is 4. The van der Waals surface area contributed by atoms with Crippen molar-refractivity contribution in [2.45, 2.75) is 5.16 Å². The number of hydrogen-bond acceptors (Lipinski definition) is 5. The molecule has 1 amide bonds. The summed E-state index contributed by atoms with van der Waals surface area (Å²) in [5.41, 5.74) is 11.3. The van der Waals surface area contributed by atoms with Crippen LogP contribution in [0, 0.1) is 0 Å². The number of aromatic nitrogens is 3. The quantitative estimate of drug-likeness (QED) is 0.149. The number of halogens is 1. The number of hydrogen-bond donors (Lipinski definition) is 2. The van der Waals surface area contributed by atoms with Gasteiger partial charge in [0.2, 0.25) is 5.91 Å². The summed E-state index contributed by atoms with van der Waals surface area (Å²) >= 11 is 4.79. The van der Waals surface area contributed by atoms with Gasteiger partial charge in [-0.3, -0.25) is 20.2 Å². The molecular formula is C30H24BrN5OS. The summed E-state index contributed by atoms with van der Waals surface area (Å²) in [4.78, 5) is 12.7. The average molecular weight is 583 g/mol. The topological polar surface area (TPSA) is 71.8 Å². The maximum atomic E-state index is 12.7. The second kappa shape index (κ2) is 11.9. The third-order valence-corrected chi connectivity index (χ3v) is 7.23. The van der Waals surface area contributed by atoms with Crippen LogP contribution in [-0.2, 0) is 4.79 Å². The molecule has 1 aromatic heterocycles. The Morgan fingerprint density at radius 3 is 2.05 bits per heavy atom. The first-order valence-electron chi connectivity index (χ1n) is 11.9. The molecule has 0 fully saturated rings. The van der Waals surface area contributed by atoms with Gasteiger partial charge in [0.25, 0.3) is 0 Å². The van der Waals surface area contributed by atoms with E-state index in [0.717, 1.165) is 32.4 Å². The van der Waals surface area contributed by atoms with Crippen LogP contribution in [-0.4, -0.2) is 26.4 Å². The number of hydrazine groups is 1. The molecule has 5 aromatic rings. The van der Waals surface area contributed by atoms with Gasteiger partial charge in [-0.1, -0.05) is 119 Å². The van der Waals surface area contributed by atoms with Crippen molar-refractivity contribution in [2.24, 2.45) is 0 Å². The number of para-hydroxylation sites is 1. The summed E-state index contributed by atoms with van der Waals surface area (Å²) in [7, 11) is 0. The molecular weight excluding hydrogens is 558 g/mol. The number of amides is 1. The largest absolute Gasteiger partial charge is 0.299 e. The van der Waals surface area contributed by atoms with Gasteiger partial charge in [0.15, 0.2) is 11.0 Å². The molecule has 2 N–H and O–H groups in total. The van der Waals surface area contributed by atoms with Crippen LogP contribution in [0.25, 0.3) is 33.9 Å². The van der Waals surface area contributed by atoms with Crippen LogP contribution >= 0.6 is 27.7 Å². The number of carbonyl (C=O) groups is 1. The monoisotopic (exact) mass is 581 g/mol. The molecule has 0 saturated carbocycles. The minimum Gasteiger partial charge on any atom is -0.299 e. The van der Waals surface area contributed by atoms with Crippen LogP contribution in [0.2, 0.25) is 0 Å². The van der Waals surface area contributed by atoms with Gasteiger partial charge in [-0.25, -0.2) is 0 Å². The predicted molar refractivity (Wildman–Crippen MR) is 157 cm³/mol. The molecule has 0 bridgehead atoms. The molecule has 188 valence electrons. The van der Waals surface area contributed by atoms with E-state index in [1.165, 1.54) is 11.8 Å². The Kier molecular flexibility index (Phi) is 8.01. The minimum atomic E-state index is -0.204. The van der Waals surface area contributed by atoms with E-state index in [1.54, 1.807) is 0 Å². The first-order valence-corrected chi connectivity index (χ1v) is 13.7. The van der Waals surface area contributed by atoms with Gasteiger partial charge >= 0.3 is 0 Å². The molecule has 8 heteroatoms. The number of thioether (sulfide) groups is 1. The number of rotatable bonds is 9. The van der Waals surface area contributed by atoms with E-state index >= 15 is 0 Å². The Balaban J connectivity index is 1.23. The third-order valence-electron chi connectivity index (χ3n) is 5.78. The molecule has 0 aliphatic heterocycles. The highest BCUT2D eigenvalue weighted by Crippen LogP contribution is 2.28. The first kappa shape index (κ1) is 25.5. The van der Waals surface area contributed by atoms with Crippen LogP contribution in [0.15, 0.2) is 125 Å². The average Bonchev–Trinajstić information content (AvgIpc) is 3.40. The molecule has 0 atom stereocenters. The first-order chi connectivity index (χ1) is 18.6. The molecule has 0 aliphatic carbocycles. The van der Waals surface area contributed by atoms with Gasteiger partial charge in [-0.2, -0.15) is 0 Å². The lowest BCUT2D eigenvalue weighted by Crippen LogP contribution is -2.37. The molecule has 0 radical (unpaired) electrons. The lowest BCUT2D eigenvalue weighted by molar-refractivity contribution is -0.119. The second-order valence-corrected chi connectivity index (χ2v) is 10.2.